The number of ether oxygens (including phenoxy) is 1. The van der Waals surface area contributed by atoms with Gasteiger partial charge in [0.25, 0.3) is 0 Å². The second-order valence-corrected chi connectivity index (χ2v) is 6.13. The van der Waals surface area contributed by atoms with Crippen LogP contribution in [0.1, 0.15) is 4.88 Å². The van der Waals surface area contributed by atoms with E-state index in [-0.39, 0.29) is 6.61 Å². The molecule has 0 saturated carbocycles. The molecule has 1 unspecified atom stereocenters. The molecule has 1 heterocycles. The van der Waals surface area contributed by atoms with Gasteiger partial charge in [-0.15, -0.1) is 11.3 Å². The van der Waals surface area contributed by atoms with Gasteiger partial charge in [-0.1, -0.05) is 29.3 Å². The smallest absolute Gasteiger partial charge is 0.138 e. The lowest BCUT2D eigenvalue weighted by molar-refractivity contribution is 0.106. The van der Waals surface area contributed by atoms with Crippen LogP contribution < -0.4 is 10.1 Å². The summed E-state index contributed by atoms with van der Waals surface area (Å²) in [6.45, 7) is 1.39. The highest BCUT2D eigenvalue weighted by Gasteiger charge is 2.08. The van der Waals surface area contributed by atoms with Gasteiger partial charge in [0.2, 0.25) is 0 Å². The van der Waals surface area contributed by atoms with E-state index in [1.165, 1.54) is 4.88 Å². The Hall–Kier alpha value is -0.780. The Bertz CT molecular complexity index is 534. The van der Waals surface area contributed by atoms with E-state index in [4.69, 9.17) is 27.9 Å². The van der Waals surface area contributed by atoms with E-state index in [9.17, 15) is 5.11 Å². The van der Waals surface area contributed by atoms with Crippen molar-refractivity contribution in [3.05, 3.63) is 50.6 Å². The SMILES string of the molecule is OC(CNCc1cccs1)COc1ccc(Cl)cc1Cl. The summed E-state index contributed by atoms with van der Waals surface area (Å²) < 4.78 is 5.46. The van der Waals surface area contributed by atoms with E-state index in [0.717, 1.165) is 6.54 Å². The van der Waals surface area contributed by atoms with Crippen molar-refractivity contribution in [3.8, 4) is 5.75 Å². The molecule has 6 heteroatoms. The number of halogens is 2. The molecule has 2 N–H and O–H groups in total. The van der Waals surface area contributed by atoms with Gasteiger partial charge in [0.05, 0.1) is 5.02 Å². The van der Waals surface area contributed by atoms with Crippen LogP contribution in [0.25, 0.3) is 0 Å². The summed E-state index contributed by atoms with van der Waals surface area (Å²) in [5, 5.41) is 16.0. The Kier molecular flexibility index (Phi) is 6.13. The third kappa shape index (κ3) is 4.96. The number of thiophene rings is 1. The van der Waals surface area contributed by atoms with Crippen LogP contribution in [0.3, 0.4) is 0 Å². The zero-order chi connectivity index (χ0) is 14.4. The second kappa shape index (κ2) is 7.86. The first-order valence-electron chi connectivity index (χ1n) is 6.14. The monoisotopic (exact) mass is 331 g/mol. The van der Waals surface area contributed by atoms with Gasteiger partial charge in [0, 0.05) is 23.0 Å². The van der Waals surface area contributed by atoms with Gasteiger partial charge in [0.15, 0.2) is 0 Å². The van der Waals surface area contributed by atoms with Gasteiger partial charge in [-0.2, -0.15) is 0 Å². The molecule has 0 radical (unpaired) electrons. The zero-order valence-corrected chi connectivity index (χ0v) is 13.0. The average Bonchev–Trinajstić information content (AvgIpc) is 2.91. The first-order chi connectivity index (χ1) is 9.65. The molecule has 2 rings (SSSR count). The quantitative estimate of drug-likeness (QED) is 0.814. The Labute approximate surface area is 132 Å². The molecule has 0 bridgehead atoms. The van der Waals surface area contributed by atoms with Crippen molar-refractivity contribution in [3.63, 3.8) is 0 Å². The summed E-state index contributed by atoms with van der Waals surface area (Å²) in [7, 11) is 0. The Morgan fingerprint density at radius 3 is 2.85 bits per heavy atom. The van der Waals surface area contributed by atoms with Crippen molar-refractivity contribution in [2.24, 2.45) is 0 Å². The molecule has 1 aromatic carbocycles. The molecular weight excluding hydrogens is 317 g/mol. The third-order valence-electron chi connectivity index (χ3n) is 2.58. The van der Waals surface area contributed by atoms with E-state index in [1.54, 1.807) is 29.5 Å². The molecule has 1 aromatic heterocycles. The molecule has 108 valence electrons. The Morgan fingerprint density at radius 1 is 1.30 bits per heavy atom. The molecular formula is C14H15Cl2NO2S. The van der Waals surface area contributed by atoms with Crippen molar-refractivity contribution in [1.29, 1.82) is 0 Å². The van der Waals surface area contributed by atoms with Crippen molar-refractivity contribution in [2.75, 3.05) is 13.2 Å². The van der Waals surface area contributed by atoms with Gasteiger partial charge < -0.3 is 15.2 Å². The molecule has 20 heavy (non-hydrogen) atoms. The van der Waals surface area contributed by atoms with Crippen LogP contribution >= 0.6 is 34.5 Å². The minimum absolute atomic E-state index is 0.179. The predicted octanol–water partition coefficient (Wildman–Crippen LogP) is 3.58. The van der Waals surface area contributed by atoms with Crippen LogP contribution in [0.15, 0.2) is 35.7 Å². The molecule has 0 aliphatic carbocycles. The van der Waals surface area contributed by atoms with Crippen molar-refractivity contribution in [2.45, 2.75) is 12.6 Å². The molecule has 0 aliphatic heterocycles. The van der Waals surface area contributed by atoms with Crippen molar-refractivity contribution >= 4 is 34.5 Å². The second-order valence-electron chi connectivity index (χ2n) is 4.25. The van der Waals surface area contributed by atoms with Crippen molar-refractivity contribution < 1.29 is 9.84 Å². The summed E-state index contributed by atoms with van der Waals surface area (Å²) in [4.78, 5) is 1.24. The van der Waals surface area contributed by atoms with Gasteiger partial charge in [-0.05, 0) is 29.6 Å². The first kappa shape index (κ1) is 15.6. The van der Waals surface area contributed by atoms with E-state index < -0.39 is 6.10 Å². The van der Waals surface area contributed by atoms with Gasteiger partial charge in [-0.3, -0.25) is 0 Å². The summed E-state index contributed by atoms with van der Waals surface area (Å²) in [6.07, 6.45) is -0.596. The molecule has 3 nitrogen and oxygen atoms in total. The standard InChI is InChI=1S/C14H15Cl2NO2S/c15-10-3-4-14(13(16)6-10)19-9-11(18)7-17-8-12-2-1-5-20-12/h1-6,11,17-18H,7-9H2. The minimum Gasteiger partial charge on any atom is -0.489 e. The minimum atomic E-state index is -0.596. The van der Waals surface area contributed by atoms with Crippen LogP contribution in [-0.2, 0) is 6.54 Å². The average molecular weight is 332 g/mol. The van der Waals surface area contributed by atoms with Crippen LogP contribution in [0.5, 0.6) is 5.75 Å². The fraction of sp³-hybridized carbons (Fsp3) is 0.286. The topological polar surface area (TPSA) is 41.5 Å². The van der Waals surface area contributed by atoms with Gasteiger partial charge in [-0.25, -0.2) is 0 Å². The molecule has 0 saturated heterocycles. The molecule has 1 atom stereocenters. The molecule has 0 fully saturated rings. The number of benzene rings is 1. The van der Waals surface area contributed by atoms with E-state index in [1.807, 2.05) is 17.5 Å². The lowest BCUT2D eigenvalue weighted by Gasteiger charge is -2.14. The highest BCUT2D eigenvalue weighted by Crippen LogP contribution is 2.27. The number of nitrogens with one attached hydrogen (secondary N) is 1. The summed E-state index contributed by atoms with van der Waals surface area (Å²) in [5.41, 5.74) is 0. The number of hydrogen-bond acceptors (Lipinski definition) is 4. The Balaban J connectivity index is 1.70. The normalized spacial score (nSPS) is 12.3. The largest absolute Gasteiger partial charge is 0.489 e. The molecule has 0 amide bonds. The third-order valence-corrected chi connectivity index (χ3v) is 3.99. The number of aliphatic hydroxyl groups excluding tert-OH is 1. The summed E-state index contributed by atoms with van der Waals surface area (Å²) in [5.74, 6) is 0.522. The number of aliphatic hydroxyl groups is 1. The highest BCUT2D eigenvalue weighted by molar-refractivity contribution is 7.09. The fourth-order valence-electron chi connectivity index (χ4n) is 1.61. The lowest BCUT2D eigenvalue weighted by atomic mass is 10.3. The lowest BCUT2D eigenvalue weighted by Crippen LogP contribution is -2.31. The Morgan fingerprint density at radius 2 is 2.15 bits per heavy atom. The molecule has 2 aromatic rings. The summed E-state index contributed by atoms with van der Waals surface area (Å²) >= 11 is 13.5. The molecule has 0 aliphatic rings. The van der Waals surface area contributed by atoms with E-state index >= 15 is 0 Å². The number of rotatable bonds is 7. The van der Waals surface area contributed by atoms with Crippen molar-refractivity contribution in [1.82, 2.24) is 5.32 Å². The van der Waals surface area contributed by atoms with Crippen LogP contribution in [0.2, 0.25) is 10.0 Å². The van der Waals surface area contributed by atoms with Crippen LogP contribution in [-0.4, -0.2) is 24.4 Å². The van der Waals surface area contributed by atoms with Crippen LogP contribution in [0, 0.1) is 0 Å². The van der Waals surface area contributed by atoms with E-state index in [0.29, 0.717) is 22.3 Å². The number of hydrogen-bond donors (Lipinski definition) is 2. The molecule has 0 spiro atoms. The maximum atomic E-state index is 9.83. The summed E-state index contributed by atoms with van der Waals surface area (Å²) in [6, 6.07) is 9.05. The maximum Gasteiger partial charge on any atom is 0.138 e. The van der Waals surface area contributed by atoms with Gasteiger partial charge in [0.1, 0.15) is 18.5 Å². The van der Waals surface area contributed by atoms with E-state index in [2.05, 4.69) is 5.32 Å². The van der Waals surface area contributed by atoms with Gasteiger partial charge >= 0.3 is 0 Å². The first-order valence-corrected chi connectivity index (χ1v) is 7.77. The predicted molar refractivity (Wildman–Crippen MR) is 84.0 cm³/mol. The zero-order valence-electron chi connectivity index (χ0n) is 10.7. The highest BCUT2D eigenvalue weighted by atomic mass is 35.5. The maximum absolute atomic E-state index is 9.83. The fourth-order valence-corrected chi connectivity index (χ4v) is 2.75. The van der Waals surface area contributed by atoms with Crippen LogP contribution in [0.4, 0.5) is 0 Å².